The number of rotatable bonds is 34. The molecule has 6 heterocycles. The molecule has 4 aliphatic rings. The van der Waals surface area contributed by atoms with E-state index in [1.165, 1.54) is 10.6 Å². The molecule has 31 heteroatoms. The number of aromatic amines is 1. The van der Waals surface area contributed by atoms with Gasteiger partial charge in [-0.05, 0) is 66.1 Å². The van der Waals surface area contributed by atoms with Gasteiger partial charge in [0.15, 0.2) is 5.60 Å². The number of aryl methyl sites for hydroxylation is 1. The molecule has 9 N–H and O–H groups in total. The summed E-state index contributed by atoms with van der Waals surface area (Å²) in [6.07, 6.45) is 0.664. The fraction of sp³-hybridized carbons (Fsp3) is 0.403. The zero-order chi connectivity index (χ0) is 72.6. The van der Waals surface area contributed by atoms with E-state index in [-0.39, 0.29) is 114 Å². The molecular formula is C72H80FN13O17. The third kappa shape index (κ3) is 17.6. The molecule has 0 saturated heterocycles. The smallest absolute Gasteiger partial charge is 0.343 e. The van der Waals surface area contributed by atoms with Crippen molar-refractivity contribution in [3.05, 3.63) is 152 Å². The number of aliphatic hydroxyl groups is 1. The number of hydrogen-bond acceptors (Lipinski definition) is 20. The average Bonchev–Trinajstić information content (AvgIpc) is 1.66. The molecule has 4 aromatic carbocycles. The van der Waals surface area contributed by atoms with Crippen LogP contribution >= 0.6 is 0 Å². The largest absolute Gasteiger partial charge is 0.458 e. The number of carbonyl (C=O) groups is 9. The first kappa shape index (κ1) is 73.5. The van der Waals surface area contributed by atoms with E-state index in [1.807, 2.05) is 48.5 Å². The number of amides is 8. The van der Waals surface area contributed by atoms with Gasteiger partial charge in [0.05, 0.1) is 120 Å². The molecule has 30 nitrogen and oxygen atoms in total. The lowest BCUT2D eigenvalue weighted by molar-refractivity contribution is -0.172. The van der Waals surface area contributed by atoms with E-state index in [9.17, 15) is 53.1 Å². The van der Waals surface area contributed by atoms with Crippen molar-refractivity contribution < 1.29 is 81.1 Å². The first-order chi connectivity index (χ1) is 49.9. The zero-order valence-corrected chi connectivity index (χ0v) is 56.9. The van der Waals surface area contributed by atoms with Gasteiger partial charge in [-0.15, -0.1) is 0 Å². The van der Waals surface area contributed by atoms with Gasteiger partial charge in [-0.1, -0.05) is 79.7 Å². The van der Waals surface area contributed by atoms with Crippen molar-refractivity contribution in [3.8, 4) is 33.9 Å². The highest BCUT2D eigenvalue weighted by Crippen LogP contribution is 2.46. The van der Waals surface area contributed by atoms with Crippen LogP contribution in [0.25, 0.3) is 44.8 Å². The predicted molar refractivity (Wildman–Crippen MR) is 367 cm³/mol. The van der Waals surface area contributed by atoms with Gasteiger partial charge < -0.3 is 80.2 Å². The van der Waals surface area contributed by atoms with Crippen LogP contribution in [0.3, 0.4) is 0 Å². The molecule has 8 amide bonds. The average molecular weight is 1420 g/mol. The lowest BCUT2D eigenvalue weighted by Gasteiger charge is -2.31. The second-order valence-electron chi connectivity index (χ2n) is 24.9. The Bertz CT molecular complexity index is 4420. The lowest BCUT2D eigenvalue weighted by Crippen LogP contribution is -2.52. The third-order valence-corrected chi connectivity index (χ3v) is 18.2. The lowest BCUT2D eigenvalue weighted by atomic mass is 9.81. The summed E-state index contributed by atoms with van der Waals surface area (Å²) in [6, 6.07) is 25.0. The number of benzene rings is 4. The van der Waals surface area contributed by atoms with Crippen LogP contribution in [0.5, 0.6) is 0 Å². The SMILES string of the molecule is CC[C@@]1(O)C(=O)OCc2c1cc1n(c2=O)Cc2c-1nc1cc(F)c(C)c3c1c2[C@@H](NC(=O)COCNC(=O)CNC(=O)[C@H](Cc1ccccc1)NC(=O)CNC(=O)CNC(=O)CCOCCOCCOCCOCCNC(=O)CCC(=O)N1Cc2ccccc2-c2n[nH]nc2-c2ccccc21)CC3. The van der Waals surface area contributed by atoms with E-state index >= 15 is 4.39 Å². The van der Waals surface area contributed by atoms with Crippen molar-refractivity contribution in [1.29, 1.82) is 0 Å². The molecule has 3 atom stereocenters. The van der Waals surface area contributed by atoms with Crippen molar-refractivity contribution in [2.75, 3.05) is 97.3 Å². The molecule has 3 aliphatic heterocycles. The summed E-state index contributed by atoms with van der Waals surface area (Å²) < 4.78 is 49.7. The molecule has 0 radical (unpaired) electrons. The number of carbonyl (C=O) groups excluding carboxylic acids is 9. The maximum atomic E-state index is 15.4. The molecule has 7 aromatic rings. The van der Waals surface area contributed by atoms with Gasteiger partial charge in [0.1, 0.15) is 43.2 Å². The molecule has 103 heavy (non-hydrogen) atoms. The van der Waals surface area contributed by atoms with Gasteiger partial charge >= 0.3 is 5.97 Å². The molecule has 1 aliphatic carbocycles. The number of hydrogen-bond donors (Lipinski definition) is 9. The van der Waals surface area contributed by atoms with Crippen molar-refractivity contribution in [3.63, 3.8) is 0 Å². The Balaban J connectivity index is 0.521. The van der Waals surface area contributed by atoms with Crippen molar-refractivity contribution in [1.82, 2.24) is 62.2 Å². The number of nitrogens with one attached hydrogen (secondary N) is 8. The Morgan fingerprint density at radius 3 is 2.09 bits per heavy atom. The number of nitrogens with zero attached hydrogens (tertiary/aromatic N) is 5. The van der Waals surface area contributed by atoms with Gasteiger partial charge in [-0.3, -0.25) is 43.2 Å². The van der Waals surface area contributed by atoms with Crippen LogP contribution in [-0.4, -0.2) is 182 Å². The molecule has 542 valence electrons. The van der Waals surface area contributed by atoms with Gasteiger partial charge in [0.2, 0.25) is 47.3 Å². The van der Waals surface area contributed by atoms with E-state index in [2.05, 4.69) is 52.6 Å². The fourth-order valence-electron chi connectivity index (χ4n) is 12.9. The van der Waals surface area contributed by atoms with Crippen LogP contribution in [0.4, 0.5) is 10.1 Å². The summed E-state index contributed by atoms with van der Waals surface area (Å²) in [5.74, 6) is -5.67. The number of fused-ring (bicyclic) bond motifs is 10. The highest BCUT2D eigenvalue weighted by molar-refractivity contribution is 6.01. The number of H-pyrrole nitrogens is 1. The van der Waals surface area contributed by atoms with E-state index in [4.69, 9.17) is 33.4 Å². The number of halogens is 1. The minimum atomic E-state index is -2.06. The Kier molecular flexibility index (Phi) is 24.5. The van der Waals surface area contributed by atoms with Gasteiger partial charge in [-0.25, -0.2) is 14.2 Å². The highest BCUT2D eigenvalue weighted by atomic mass is 19.1. The topological polar surface area (TPSA) is 393 Å². The number of anilines is 1. The normalized spacial score (nSPS) is 15.5. The molecule has 11 rings (SSSR count). The highest BCUT2D eigenvalue weighted by Gasteiger charge is 2.46. The standard InChI is InChI=1S/C72H80FN13O17/c1-3-72(97)50-32-56-66-48(38-86(56)70(95)49(50)39-103-71(72)96)65-52(18-17-45-42(2)51(73)33-53(81-66)64(45)65)79-62(92)40-102-41-78-60(90)35-77-69(94)54(31-43-11-5-4-6-12-43)80-61(91)36-76-59(89)34-75-58(88)21-23-98-25-27-100-29-30-101-28-26-99-24-22-74-57(87)19-20-63(93)85-37-44-13-7-8-14-46(44)67-68(83-84-82-67)47-15-9-10-16-55(47)85/h4-16,32-33,52,54,97H,3,17-31,34-41H2,1-2H3,(H,74,87)(H,75,88)(H,76,89)(H,77,94)(H,78,90)(H,79,92)(H,80,91)(H,82,83,84)/t52-,54-,72-/m0/s1. The number of aromatic nitrogens is 5. The Morgan fingerprint density at radius 1 is 0.680 bits per heavy atom. The predicted octanol–water partition coefficient (Wildman–Crippen LogP) is 2.15. The van der Waals surface area contributed by atoms with Crippen molar-refractivity contribution in [2.45, 2.75) is 96.2 Å². The van der Waals surface area contributed by atoms with Crippen LogP contribution < -0.4 is 47.7 Å². The van der Waals surface area contributed by atoms with E-state index in [0.29, 0.717) is 94.2 Å². The molecule has 0 spiro atoms. The number of para-hydroxylation sites is 1. The summed E-state index contributed by atoms with van der Waals surface area (Å²) >= 11 is 0. The van der Waals surface area contributed by atoms with E-state index < -0.39 is 103 Å². The number of pyridine rings is 2. The van der Waals surface area contributed by atoms with Crippen molar-refractivity contribution >= 4 is 69.8 Å². The Labute approximate surface area is 589 Å². The Morgan fingerprint density at radius 2 is 1.33 bits per heavy atom. The summed E-state index contributed by atoms with van der Waals surface area (Å²) in [5, 5.41) is 41.8. The van der Waals surface area contributed by atoms with Crippen LogP contribution in [0.15, 0.2) is 95.8 Å². The van der Waals surface area contributed by atoms with Crippen LogP contribution in [0.2, 0.25) is 0 Å². The van der Waals surface area contributed by atoms with E-state index in [1.54, 1.807) is 55.1 Å². The molecular weight excluding hydrogens is 1340 g/mol. The molecule has 0 bridgehead atoms. The van der Waals surface area contributed by atoms with Crippen molar-refractivity contribution in [2.24, 2.45) is 0 Å². The summed E-state index contributed by atoms with van der Waals surface area (Å²) in [4.78, 5) is 138. The number of esters is 1. The first-order valence-corrected chi connectivity index (χ1v) is 34.0. The number of cyclic esters (lactones) is 1. The second-order valence-corrected chi connectivity index (χ2v) is 24.9. The minimum absolute atomic E-state index is 0.00193. The third-order valence-electron chi connectivity index (χ3n) is 18.2. The van der Waals surface area contributed by atoms with Gasteiger partial charge in [0.25, 0.3) is 5.56 Å². The molecule has 3 aromatic heterocycles. The van der Waals surface area contributed by atoms with Crippen LogP contribution in [0, 0.1) is 12.7 Å². The molecule has 0 unspecified atom stereocenters. The maximum Gasteiger partial charge on any atom is 0.343 e. The Hall–Kier alpha value is -10.7. The number of ether oxygens (including phenoxy) is 6. The quantitative estimate of drug-likeness (QED) is 0.0158. The van der Waals surface area contributed by atoms with Crippen LogP contribution in [-0.2, 0) is 110 Å². The minimum Gasteiger partial charge on any atom is -0.458 e. The zero-order valence-electron chi connectivity index (χ0n) is 56.9. The monoisotopic (exact) mass is 1420 g/mol. The van der Waals surface area contributed by atoms with Gasteiger partial charge in [0, 0.05) is 65.9 Å². The summed E-state index contributed by atoms with van der Waals surface area (Å²) in [5.41, 5.74) is 6.36. The fourth-order valence-corrected chi connectivity index (χ4v) is 12.9. The second kappa shape index (κ2) is 34.3. The summed E-state index contributed by atoms with van der Waals surface area (Å²) in [7, 11) is 0. The first-order valence-electron chi connectivity index (χ1n) is 34.0. The van der Waals surface area contributed by atoms with Gasteiger partial charge in [-0.2, -0.15) is 15.4 Å². The summed E-state index contributed by atoms with van der Waals surface area (Å²) in [6.45, 7) is 2.98. The van der Waals surface area contributed by atoms with Crippen LogP contribution in [0.1, 0.15) is 89.6 Å². The van der Waals surface area contributed by atoms with E-state index in [0.717, 1.165) is 22.3 Å². The molecule has 0 saturated carbocycles. The molecule has 0 fully saturated rings. The maximum absolute atomic E-state index is 15.4.